The maximum atomic E-state index is 6.56. The van der Waals surface area contributed by atoms with Crippen molar-refractivity contribution >= 4 is 20.5 Å². The van der Waals surface area contributed by atoms with Crippen molar-refractivity contribution in [2.45, 2.75) is 20.8 Å². The number of pyridine rings is 1. The van der Waals surface area contributed by atoms with Crippen LogP contribution < -0.4 is 4.90 Å². The Morgan fingerprint density at radius 3 is 2.38 bits per heavy atom. The number of imidazole rings is 1. The molecule has 0 radical (unpaired) electrons. The number of hydrogen-bond donors (Lipinski definition) is 0. The van der Waals surface area contributed by atoms with Gasteiger partial charge >= 0.3 is 167 Å². The average molecular weight is 554 g/mol. The minimum atomic E-state index is -0.510. The van der Waals surface area contributed by atoms with E-state index in [2.05, 4.69) is 71.2 Å². The van der Waals surface area contributed by atoms with Crippen LogP contribution in [-0.4, -0.2) is 35.3 Å². The molecule has 0 N–H and O–H groups in total. The SMILES string of the molecule is Cc1cc(C)c(-n2cc3cccc(N4CCOCC4)n3[c]2=[Au][Cl])c(C)c1. The first kappa shape index (κ1) is 18.1. The third-order valence-electron chi connectivity index (χ3n) is 4.87. The molecular weight excluding hydrogens is 531 g/mol. The normalized spacial score (nSPS) is 16.5. The zero-order chi connectivity index (χ0) is 18.3. The molecule has 3 aromatic rings. The molecule has 1 aromatic carbocycles. The quantitative estimate of drug-likeness (QED) is 0.443. The van der Waals surface area contributed by atoms with Crippen LogP contribution in [0.4, 0.5) is 5.82 Å². The molecule has 0 spiro atoms. The van der Waals surface area contributed by atoms with Crippen LogP contribution in [0.1, 0.15) is 16.7 Å². The number of aromatic nitrogens is 2. The molecule has 2 aromatic heterocycles. The van der Waals surface area contributed by atoms with Gasteiger partial charge in [-0.25, -0.2) is 0 Å². The molecule has 0 unspecified atom stereocenters. The maximum absolute atomic E-state index is 6.56. The molecule has 142 valence electrons. The first-order chi connectivity index (χ1) is 12.6. The number of rotatable bonds is 2. The summed E-state index contributed by atoms with van der Waals surface area (Å²) in [4.78, 5) is 2.40. The molecule has 4 nitrogen and oxygen atoms in total. The standard InChI is InChI=1S/C20H23N3O.Au.ClH/c1-15-11-16(2)20(17(3)12-15)22-13-18-5-4-6-19(23(18)14-22)21-7-9-24-10-8-21;;/h4-6,11-13H,7-10H2,1-3H3;;1H/q;+1;/p-1. The van der Waals surface area contributed by atoms with Crippen LogP contribution in [-0.2, 0) is 22.9 Å². The van der Waals surface area contributed by atoms with Gasteiger partial charge in [-0.2, -0.15) is 0 Å². The van der Waals surface area contributed by atoms with Crippen LogP contribution in [0, 0.1) is 24.4 Å². The van der Waals surface area contributed by atoms with Crippen molar-refractivity contribution in [2.75, 3.05) is 31.2 Å². The van der Waals surface area contributed by atoms with Crippen LogP contribution in [0.3, 0.4) is 0 Å². The Labute approximate surface area is 166 Å². The number of aryl methyl sites for hydroxylation is 3. The van der Waals surface area contributed by atoms with Crippen molar-refractivity contribution in [3.8, 4) is 5.69 Å². The fourth-order valence-electron chi connectivity index (χ4n) is 3.88. The van der Waals surface area contributed by atoms with E-state index in [-0.39, 0.29) is 0 Å². The number of morpholine rings is 1. The molecule has 0 saturated carbocycles. The monoisotopic (exact) mass is 553 g/mol. The molecule has 0 amide bonds. The summed E-state index contributed by atoms with van der Waals surface area (Å²) >= 11 is -0.510. The van der Waals surface area contributed by atoms with Crippen LogP contribution in [0.15, 0.2) is 36.5 Å². The van der Waals surface area contributed by atoms with E-state index in [9.17, 15) is 0 Å². The van der Waals surface area contributed by atoms with Crippen LogP contribution in [0.25, 0.3) is 11.2 Å². The van der Waals surface area contributed by atoms with E-state index in [1.165, 1.54) is 37.3 Å². The van der Waals surface area contributed by atoms with Crippen molar-refractivity contribution in [2.24, 2.45) is 0 Å². The fourth-order valence-corrected chi connectivity index (χ4v) is 6.04. The third-order valence-corrected chi connectivity index (χ3v) is 7.08. The van der Waals surface area contributed by atoms with Crippen molar-refractivity contribution in [1.82, 2.24) is 8.97 Å². The average Bonchev–Trinajstić information content (AvgIpc) is 2.99. The second-order valence-corrected chi connectivity index (χ2v) is 9.09. The number of nitrogens with zero attached hydrogens (tertiary/aromatic N) is 3. The fraction of sp³-hybridized carbons (Fsp3) is 0.350. The van der Waals surface area contributed by atoms with Gasteiger partial charge in [0.2, 0.25) is 0 Å². The second-order valence-electron chi connectivity index (χ2n) is 6.78. The Morgan fingerprint density at radius 1 is 1.04 bits per heavy atom. The van der Waals surface area contributed by atoms with Crippen molar-refractivity contribution in [3.63, 3.8) is 0 Å². The second kappa shape index (κ2) is 7.37. The summed E-state index contributed by atoms with van der Waals surface area (Å²) in [5.41, 5.74) is 6.29. The number of halogens is 1. The van der Waals surface area contributed by atoms with Gasteiger partial charge in [0, 0.05) is 0 Å². The van der Waals surface area contributed by atoms with Gasteiger partial charge in [0.15, 0.2) is 0 Å². The molecule has 1 aliphatic rings. The molecule has 1 saturated heterocycles. The summed E-state index contributed by atoms with van der Waals surface area (Å²) in [7, 11) is 6.56. The van der Waals surface area contributed by atoms with E-state index >= 15 is 0 Å². The topological polar surface area (TPSA) is 21.8 Å². The number of hydrogen-bond acceptors (Lipinski definition) is 2. The molecule has 3 heterocycles. The van der Waals surface area contributed by atoms with Crippen LogP contribution in [0.2, 0.25) is 0 Å². The summed E-state index contributed by atoms with van der Waals surface area (Å²) in [6.45, 7) is 9.90. The molecular formula is C20H23AuClN3O. The van der Waals surface area contributed by atoms with Crippen LogP contribution in [0.5, 0.6) is 0 Å². The summed E-state index contributed by atoms with van der Waals surface area (Å²) in [5, 5.41) is 0. The first-order valence-corrected chi connectivity index (χ1v) is 12.5. The van der Waals surface area contributed by atoms with E-state index in [1.807, 2.05) is 0 Å². The summed E-state index contributed by atoms with van der Waals surface area (Å²) in [5.74, 6) is 1.21. The van der Waals surface area contributed by atoms with Gasteiger partial charge in [-0.05, 0) is 0 Å². The molecule has 1 aliphatic heterocycles. The van der Waals surface area contributed by atoms with Gasteiger partial charge in [-0.15, -0.1) is 0 Å². The molecule has 26 heavy (non-hydrogen) atoms. The predicted octanol–water partition coefficient (Wildman–Crippen LogP) is 4.26. The summed E-state index contributed by atoms with van der Waals surface area (Å²) in [6, 6.07) is 11.0. The van der Waals surface area contributed by atoms with Gasteiger partial charge in [-0.1, -0.05) is 0 Å². The zero-order valence-electron chi connectivity index (χ0n) is 15.2. The Hall–Kier alpha value is -1.30. The van der Waals surface area contributed by atoms with Gasteiger partial charge < -0.3 is 0 Å². The van der Waals surface area contributed by atoms with Gasteiger partial charge in [0.05, 0.1) is 0 Å². The van der Waals surface area contributed by atoms with E-state index < -0.39 is 18.2 Å². The molecule has 0 aliphatic carbocycles. The molecule has 1 fully saturated rings. The molecule has 0 bridgehead atoms. The Morgan fingerprint density at radius 2 is 1.73 bits per heavy atom. The van der Waals surface area contributed by atoms with Gasteiger partial charge in [-0.3, -0.25) is 0 Å². The van der Waals surface area contributed by atoms with E-state index in [0.717, 1.165) is 26.3 Å². The number of fused-ring (bicyclic) bond motifs is 1. The van der Waals surface area contributed by atoms with E-state index in [0.29, 0.717) is 0 Å². The Kier molecular flexibility index (Phi) is 5.13. The van der Waals surface area contributed by atoms with Crippen molar-refractivity contribution in [1.29, 1.82) is 0 Å². The van der Waals surface area contributed by atoms with E-state index in [4.69, 9.17) is 13.9 Å². The van der Waals surface area contributed by atoms with Gasteiger partial charge in [0.1, 0.15) is 0 Å². The third kappa shape index (κ3) is 3.10. The summed E-state index contributed by atoms with van der Waals surface area (Å²) in [6.07, 6.45) is 2.23. The van der Waals surface area contributed by atoms with Gasteiger partial charge in [0.25, 0.3) is 0 Å². The predicted molar refractivity (Wildman–Crippen MR) is 103 cm³/mol. The summed E-state index contributed by atoms with van der Waals surface area (Å²) < 4.78 is 11.3. The van der Waals surface area contributed by atoms with E-state index in [1.54, 1.807) is 0 Å². The molecule has 4 rings (SSSR count). The Balaban J connectivity index is 1.99. The number of benzene rings is 1. The molecule has 0 atom stereocenters. The number of ether oxygens (including phenoxy) is 1. The van der Waals surface area contributed by atoms with Crippen molar-refractivity contribution in [3.05, 3.63) is 56.8 Å². The Bertz CT molecular complexity index is 1010. The molecule has 6 heteroatoms. The minimum absolute atomic E-state index is 0.510. The van der Waals surface area contributed by atoms with Crippen molar-refractivity contribution < 1.29 is 22.9 Å². The zero-order valence-corrected chi connectivity index (χ0v) is 18.1. The number of anilines is 1. The first-order valence-electron chi connectivity index (χ1n) is 8.76. The van der Waals surface area contributed by atoms with Crippen LogP contribution >= 0.6 is 9.19 Å².